The highest BCUT2D eigenvalue weighted by atomic mass is 35.5. The average molecular weight is 454 g/mol. The Hall–Kier alpha value is -3.71. The number of aliphatic hydroxyl groups excluding tert-OH is 1. The van der Waals surface area contributed by atoms with E-state index in [4.69, 9.17) is 25.5 Å². The summed E-state index contributed by atoms with van der Waals surface area (Å²) in [5.74, 6) is -1.00. The van der Waals surface area contributed by atoms with Crippen LogP contribution in [0, 0.1) is 6.92 Å². The lowest BCUT2D eigenvalue weighted by Crippen LogP contribution is -2.29. The lowest BCUT2D eigenvalue weighted by atomic mass is 9.98. The number of nitrogens with zero attached hydrogens (tertiary/aromatic N) is 1. The molecular formula is C24H20ClNO6. The van der Waals surface area contributed by atoms with E-state index in [2.05, 4.69) is 0 Å². The largest absolute Gasteiger partial charge is 0.507 e. The zero-order valence-corrected chi connectivity index (χ0v) is 18.3. The van der Waals surface area contributed by atoms with Gasteiger partial charge in [0.25, 0.3) is 11.7 Å². The van der Waals surface area contributed by atoms with Crippen molar-refractivity contribution in [2.75, 3.05) is 19.1 Å². The molecule has 1 N–H and O–H groups in total. The van der Waals surface area contributed by atoms with Crippen LogP contribution in [0.5, 0.6) is 11.5 Å². The lowest BCUT2D eigenvalue weighted by molar-refractivity contribution is -0.132. The fraction of sp³-hybridized carbons (Fsp3) is 0.167. The number of furan rings is 1. The summed E-state index contributed by atoms with van der Waals surface area (Å²) in [5, 5.41) is 11.7. The van der Waals surface area contributed by atoms with Gasteiger partial charge in [-0.25, -0.2) is 0 Å². The van der Waals surface area contributed by atoms with Gasteiger partial charge < -0.3 is 19.0 Å². The smallest absolute Gasteiger partial charge is 0.300 e. The molecular weight excluding hydrogens is 434 g/mol. The molecule has 1 amide bonds. The van der Waals surface area contributed by atoms with E-state index in [0.717, 1.165) is 5.56 Å². The minimum atomic E-state index is -1.00. The number of ketones is 1. The summed E-state index contributed by atoms with van der Waals surface area (Å²) in [4.78, 5) is 27.5. The number of methoxy groups -OCH3 is 2. The summed E-state index contributed by atoms with van der Waals surface area (Å²) in [5.41, 5.74) is 1.31. The van der Waals surface area contributed by atoms with Crippen molar-refractivity contribution in [3.05, 3.63) is 82.3 Å². The summed E-state index contributed by atoms with van der Waals surface area (Å²) < 4.78 is 16.2. The first-order valence-corrected chi connectivity index (χ1v) is 10.1. The quantitative estimate of drug-likeness (QED) is 0.336. The Labute approximate surface area is 189 Å². The first kappa shape index (κ1) is 21.5. The fourth-order valence-electron chi connectivity index (χ4n) is 3.69. The van der Waals surface area contributed by atoms with Crippen molar-refractivity contribution in [2.24, 2.45) is 0 Å². The van der Waals surface area contributed by atoms with Gasteiger partial charge in [-0.15, -0.1) is 0 Å². The molecule has 1 saturated heterocycles. The van der Waals surface area contributed by atoms with Gasteiger partial charge in [-0.1, -0.05) is 17.7 Å². The first-order chi connectivity index (χ1) is 15.4. The van der Waals surface area contributed by atoms with Crippen LogP contribution in [0.2, 0.25) is 5.02 Å². The number of aliphatic hydroxyl groups is 1. The van der Waals surface area contributed by atoms with Crippen LogP contribution in [-0.2, 0) is 9.59 Å². The minimum Gasteiger partial charge on any atom is -0.507 e. The molecule has 2 heterocycles. The van der Waals surface area contributed by atoms with Crippen LogP contribution in [0.3, 0.4) is 0 Å². The summed E-state index contributed by atoms with van der Waals surface area (Å²) in [6.45, 7) is 1.83. The van der Waals surface area contributed by atoms with E-state index in [1.54, 1.807) is 42.5 Å². The number of hydrogen-bond donors (Lipinski definition) is 1. The number of benzene rings is 2. The Balaban J connectivity index is 1.96. The second-order valence-electron chi connectivity index (χ2n) is 7.18. The number of ether oxygens (including phenoxy) is 2. The van der Waals surface area contributed by atoms with Gasteiger partial charge in [0.1, 0.15) is 29.1 Å². The summed E-state index contributed by atoms with van der Waals surface area (Å²) in [6, 6.07) is 12.1. The average Bonchev–Trinajstić information content (AvgIpc) is 3.42. The van der Waals surface area contributed by atoms with E-state index in [9.17, 15) is 14.7 Å². The van der Waals surface area contributed by atoms with E-state index in [-0.39, 0.29) is 11.1 Å². The fourth-order valence-corrected chi connectivity index (χ4v) is 3.87. The van der Waals surface area contributed by atoms with Crippen LogP contribution < -0.4 is 14.4 Å². The first-order valence-electron chi connectivity index (χ1n) is 9.70. The predicted molar refractivity (Wildman–Crippen MR) is 119 cm³/mol. The van der Waals surface area contributed by atoms with E-state index in [1.165, 1.54) is 31.4 Å². The maximum Gasteiger partial charge on any atom is 0.300 e. The van der Waals surface area contributed by atoms with E-state index >= 15 is 0 Å². The van der Waals surface area contributed by atoms with Crippen molar-refractivity contribution < 1.29 is 28.6 Å². The molecule has 1 fully saturated rings. The number of carbonyl (C=O) groups excluding carboxylic acids is 2. The van der Waals surface area contributed by atoms with Crippen molar-refractivity contribution in [1.29, 1.82) is 0 Å². The van der Waals surface area contributed by atoms with Gasteiger partial charge in [-0.2, -0.15) is 0 Å². The molecule has 1 aliphatic heterocycles. The molecule has 0 spiro atoms. The van der Waals surface area contributed by atoms with Crippen LogP contribution >= 0.6 is 11.6 Å². The van der Waals surface area contributed by atoms with Crippen LogP contribution in [0.4, 0.5) is 5.69 Å². The van der Waals surface area contributed by atoms with E-state index in [1.807, 2.05) is 6.92 Å². The second kappa shape index (κ2) is 8.43. The highest BCUT2D eigenvalue weighted by Crippen LogP contribution is 2.44. The standard InChI is InChI=1S/C24H20ClNO6/c1-13-6-7-14(11-17(13)25)26-21(19-5-4-10-32-19)20(23(28)24(26)29)22(27)16-12-15(30-2)8-9-18(16)31-3/h4-12,21,27H,1-3H3/b22-20-. The molecule has 0 bridgehead atoms. The number of Topliss-reactive ketones (excluding diaryl/α,β-unsaturated/α-hetero) is 1. The third-order valence-corrected chi connectivity index (χ3v) is 5.76. The van der Waals surface area contributed by atoms with Gasteiger partial charge in [0.05, 0.1) is 31.6 Å². The van der Waals surface area contributed by atoms with Crippen molar-refractivity contribution in [3.8, 4) is 11.5 Å². The molecule has 1 atom stereocenters. The molecule has 7 nitrogen and oxygen atoms in total. The molecule has 2 aromatic carbocycles. The molecule has 1 unspecified atom stereocenters. The molecule has 0 saturated carbocycles. The summed E-state index contributed by atoms with van der Waals surface area (Å²) in [6.07, 6.45) is 1.43. The third kappa shape index (κ3) is 3.50. The van der Waals surface area contributed by atoms with E-state index < -0.39 is 23.5 Å². The Bertz CT molecular complexity index is 1230. The molecule has 8 heteroatoms. The Morgan fingerprint density at radius 1 is 1.09 bits per heavy atom. The molecule has 4 rings (SSSR count). The second-order valence-corrected chi connectivity index (χ2v) is 7.59. The normalized spacial score (nSPS) is 17.6. The summed E-state index contributed by atoms with van der Waals surface area (Å²) >= 11 is 6.28. The zero-order chi connectivity index (χ0) is 23.0. The highest BCUT2D eigenvalue weighted by Gasteiger charge is 2.48. The zero-order valence-electron chi connectivity index (χ0n) is 17.6. The highest BCUT2D eigenvalue weighted by molar-refractivity contribution is 6.51. The number of aryl methyl sites for hydroxylation is 1. The number of hydrogen-bond acceptors (Lipinski definition) is 6. The number of amides is 1. The number of rotatable bonds is 5. The maximum absolute atomic E-state index is 13.2. The maximum atomic E-state index is 13.2. The molecule has 32 heavy (non-hydrogen) atoms. The number of halogens is 1. The minimum absolute atomic E-state index is 0.131. The van der Waals surface area contributed by atoms with Crippen LogP contribution in [0.25, 0.3) is 5.76 Å². The molecule has 3 aromatic rings. The molecule has 0 aliphatic carbocycles. The van der Waals surface area contributed by atoms with Crippen molar-refractivity contribution >= 4 is 34.7 Å². The van der Waals surface area contributed by atoms with Gasteiger partial charge in [-0.05, 0) is 55.0 Å². The Kier molecular flexibility index (Phi) is 5.67. The van der Waals surface area contributed by atoms with Crippen LogP contribution in [-0.4, -0.2) is 31.0 Å². The summed E-state index contributed by atoms with van der Waals surface area (Å²) in [7, 11) is 2.92. The SMILES string of the molecule is COc1ccc(OC)c(/C(O)=C2/C(=O)C(=O)N(c3ccc(C)c(Cl)c3)C2c2ccco2)c1. The van der Waals surface area contributed by atoms with E-state index in [0.29, 0.717) is 28.0 Å². The van der Waals surface area contributed by atoms with Crippen LogP contribution in [0.1, 0.15) is 22.9 Å². The third-order valence-electron chi connectivity index (χ3n) is 5.35. The predicted octanol–water partition coefficient (Wildman–Crippen LogP) is 4.88. The van der Waals surface area contributed by atoms with Gasteiger partial charge in [0, 0.05) is 10.7 Å². The van der Waals surface area contributed by atoms with Crippen molar-refractivity contribution in [2.45, 2.75) is 13.0 Å². The molecule has 1 aromatic heterocycles. The topological polar surface area (TPSA) is 89.2 Å². The lowest BCUT2D eigenvalue weighted by Gasteiger charge is -2.24. The van der Waals surface area contributed by atoms with Crippen molar-refractivity contribution in [3.63, 3.8) is 0 Å². The molecule has 0 radical (unpaired) electrons. The van der Waals surface area contributed by atoms with Gasteiger partial charge in [0.2, 0.25) is 0 Å². The number of anilines is 1. The Morgan fingerprint density at radius 3 is 2.50 bits per heavy atom. The van der Waals surface area contributed by atoms with Crippen molar-refractivity contribution in [1.82, 2.24) is 0 Å². The van der Waals surface area contributed by atoms with Gasteiger partial charge in [-0.3, -0.25) is 14.5 Å². The van der Waals surface area contributed by atoms with Gasteiger partial charge in [0.15, 0.2) is 0 Å². The van der Waals surface area contributed by atoms with Gasteiger partial charge >= 0.3 is 0 Å². The Morgan fingerprint density at radius 2 is 1.88 bits per heavy atom. The van der Waals surface area contributed by atoms with Crippen LogP contribution in [0.15, 0.2) is 64.8 Å². The molecule has 164 valence electrons. The molecule has 1 aliphatic rings. The monoisotopic (exact) mass is 453 g/mol. The number of carbonyl (C=O) groups is 2.